The van der Waals surface area contributed by atoms with Gasteiger partial charge in [-0.25, -0.2) is 14.4 Å². The zero-order chi connectivity index (χ0) is 14.9. The number of nitrogens with zero attached hydrogens (tertiary/aromatic N) is 5. The SMILES string of the molecule is Fc1ccc(N2CCN(c3nccn4ccnc34)CC2)cc1. The van der Waals surface area contributed by atoms with Crippen molar-refractivity contribution in [2.24, 2.45) is 0 Å². The van der Waals surface area contributed by atoms with Gasteiger partial charge in [0.05, 0.1) is 0 Å². The van der Waals surface area contributed by atoms with Crippen molar-refractivity contribution in [3.8, 4) is 0 Å². The standard InChI is InChI=1S/C16H16FN5/c17-13-1-3-14(4-2-13)20-9-11-22(12-10-20)16-15-18-5-7-21(15)8-6-19-16/h1-8H,9-12H2. The highest BCUT2D eigenvalue weighted by molar-refractivity contribution is 5.64. The van der Waals surface area contributed by atoms with E-state index in [0.717, 1.165) is 43.3 Å². The Morgan fingerprint density at radius 2 is 1.45 bits per heavy atom. The predicted molar refractivity (Wildman–Crippen MR) is 83.8 cm³/mol. The van der Waals surface area contributed by atoms with Crippen molar-refractivity contribution in [2.75, 3.05) is 36.0 Å². The molecule has 1 saturated heterocycles. The maximum Gasteiger partial charge on any atom is 0.180 e. The third-order valence-corrected chi connectivity index (χ3v) is 4.06. The van der Waals surface area contributed by atoms with Crippen molar-refractivity contribution >= 4 is 17.2 Å². The molecular formula is C16H16FN5. The Labute approximate surface area is 127 Å². The van der Waals surface area contributed by atoms with Crippen LogP contribution in [0.3, 0.4) is 0 Å². The van der Waals surface area contributed by atoms with E-state index >= 15 is 0 Å². The molecule has 6 heteroatoms. The first-order chi connectivity index (χ1) is 10.8. The second-order valence-electron chi connectivity index (χ2n) is 5.36. The normalized spacial score (nSPS) is 15.5. The molecule has 3 aromatic rings. The molecular weight excluding hydrogens is 281 g/mol. The number of imidazole rings is 1. The average Bonchev–Trinajstić information content (AvgIpc) is 3.04. The van der Waals surface area contributed by atoms with Gasteiger partial charge in [-0.3, -0.25) is 0 Å². The summed E-state index contributed by atoms with van der Waals surface area (Å²) >= 11 is 0. The van der Waals surface area contributed by atoms with E-state index in [1.165, 1.54) is 12.1 Å². The molecule has 0 unspecified atom stereocenters. The highest BCUT2D eigenvalue weighted by Gasteiger charge is 2.20. The molecule has 2 aromatic heterocycles. The minimum atomic E-state index is -0.197. The van der Waals surface area contributed by atoms with E-state index in [1.807, 2.05) is 28.9 Å². The van der Waals surface area contributed by atoms with Gasteiger partial charge in [0, 0.05) is 56.7 Å². The van der Waals surface area contributed by atoms with E-state index in [9.17, 15) is 4.39 Å². The molecule has 0 spiro atoms. The first-order valence-corrected chi connectivity index (χ1v) is 7.34. The van der Waals surface area contributed by atoms with Gasteiger partial charge in [-0.2, -0.15) is 0 Å². The van der Waals surface area contributed by atoms with E-state index < -0.39 is 0 Å². The van der Waals surface area contributed by atoms with Crippen LogP contribution in [0.4, 0.5) is 15.9 Å². The molecule has 0 aliphatic carbocycles. The van der Waals surface area contributed by atoms with Gasteiger partial charge >= 0.3 is 0 Å². The molecule has 0 radical (unpaired) electrons. The Morgan fingerprint density at radius 1 is 0.818 bits per heavy atom. The van der Waals surface area contributed by atoms with Gasteiger partial charge in [0.25, 0.3) is 0 Å². The van der Waals surface area contributed by atoms with Crippen molar-refractivity contribution in [3.05, 3.63) is 54.9 Å². The number of fused-ring (bicyclic) bond motifs is 1. The molecule has 112 valence electrons. The predicted octanol–water partition coefficient (Wildman–Crippen LogP) is 2.20. The zero-order valence-electron chi connectivity index (χ0n) is 12.1. The lowest BCUT2D eigenvalue weighted by Gasteiger charge is -2.36. The molecule has 1 aromatic carbocycles. The maximum absolute atomic E-state index is 13.0. The molecule has 4 rings (SSSR count). The molecule has 1 aliphatic rings. The Bertz CT molecular complexity index is 775. The summed E-state index contributed by atoms with van der Waals surface area (Å²) in [6.45, 7) is 3.51. The van der Waals surface area contributed by atoms with Gasteiger partial charge < -0.3 is 14.2 Å². The lowest BCUT2D eigenvalue weighted by atomic mass is 10.2. The van der Waals surface area contributed by atoms with Gasteiger partial charge in [0.2, 0.25) is 0 Å². The van der Waals surface area contributed by atoms with Crippen molar-refractivity contribution in [3.63, 3.8) is 0 Å². The van der Waals surface area contributed by atoms with Crippen LogP contribution in [0, 0.1) is 5.82 Å². The van der Waals surface area contributed by atoms with E-state index in [4.69, 9.17) is 0 Å². The average molecular weight is 297 g/mol. The highest BCUT2D eigenvalue weighted by atomic mass is 19.1. The van der Waals surface area contributed by atoms with Crippen LogP contribution < -0.4 is 9.80 Å². The molecule has 0 N–H and O–H groups in total. The van der Waals surface area contributed by atoms with Crippen molar-refractivity contribution < 1.29 is 4.39 Å². The molecule has 3 heterocycles. The molecule has 1 aliphatic heterocycles. The molecule has 0 saturated carbocycles. The van der Waals surface area contributed by atoms with Crippen LogP contribution in [0.5, 0.6) is 0 Å². The number of aromatic nitrogens is 3. The molecule has 0 amide bonds. The van der Waals surface area contributed by atoms with E-state index in [-0.39, 0.29) is 5.82 Å². The van der Waals surface area contributed by atoms with Crippen LogP contribution in [-0.4, -0.2) is 40.5 Å². The smallest absolute Gasteiger partial charge is 0.180 e. The summed E-state index contributed by atoms with van der Waals surface area (Å²) in [6, 6.07) is 6.68. The van der Waals surface area contributed by atoms with Crippen LogP contribution in [0.25, 0.3) is 5.65 Å². The van der Waals surface area contributed by atoms with Crippen LogP contribution in [0.1, 0.15) is 0 Å². The Balaban J connectivity index is 1.52. The third kappa shape index (κ3) is 2.26. The summed E-state index contributed by atoms with van der Waals surface area (Å²) < 4.78 is 15.0. The number of hydrogen-bond acceptors (Lipinski definition) is 4. The first kappa shape index (κ1) is 13.1. The minimum Gasteiger partial charge on any atom is -0.368 e. The number of rotatable bonds is 2. The van der Waals surface area contributed by atoms with Crippen LogP contribution >= 0.6 is 0 Å². The second-order valence-corrected chi connectivity index (χ2v) is 5.36. The lowest BCUT2D eigenvalue weighted by Crippen LogP contribution is -2.47. The maximum atomic E-state index is 13.0. The molecule has 1 fully saturated rings. The van der Waals surface area contributed by atoms with Crippen molar-refractivity contribution in [1.29, 1.82) is 0 Å². The topological polar surface area (TPSA) is 36.7 Å². The van der Waals surface area contributed by atoms with Crippen LogP contribution in [0.15, 0.2) is 49.1 Å². The second kappa shape index (κ2) is 5.29. The minimum absolute atomic E-state index is 0.197. The first-order valence-electron chi connectivity index (χ1n) is 7.34. The van der Waals surface area contributed by atoms with Gasteiger partial charge in [-0.05, 0) is 24.3 Å². The number of hydrogen-bond donors (Lipinski definition) is 0. The summed E-state index contributed by atoms with van der Waals surface area (Å²) in [7, 11) is 0. The van der Waals surface area contributed by atoms with Gasteiger partial charge in [-0.1, -0.05) is 0 Å². The molecule has 0 atom stereocenters. The molecule has 0 bridgehead atoms. The fourth-order valence-electron chi connectivity index (χ4n) is 2.89. The fourth-order valence-corrected chi connectivity index (χ4v) is 2.89. The Hall–Kier alpha value is -2.63. The van der Waals surface area contributed by atoms with Crippen molar-refractivity contribution in [2.45, 2.75) is 0 Å². The lowest BCUT2D eigenvalue weighted by molar-refractivity contribution is 0.624. The monoisotopic (exact) mass is 297 g/mol. The van der Waals surface area contributed by atoms with Crippen molar-refractivity contribution in [1.82, 2.24) is 14.4 Å². The number of benzene rings is 1. The van der Waals surface area contributed by atoms with Gasteiger partial charge in [0.1, 0.15) is 5.82 Å². The quantitative estimate of drug-likeness (QED) is 0.726. The van der Waals surface area contributed by atoms with Crippen LogP contribution in [0.2, 0.25) is 0 Å². The van der Waals surface area contributed by atoms with Crippen LogP contribution in [-0.2, 0) is 0 Å². The third-order valence-electron chi connectivity index (χ3n) is 4.06. The van der Waals surface area contributed by atoms with E-state index in [1.54, 1.807) is 12.4 Å². The van der Waals surface area contributed by atoms with E-state index in [0.29, 0.717) is 0 Å². The summed E-state index contributed by atoms with van der Waals surface area (Å²) in [5, 5.41) is 0. The number of halogens is 1. The Morgan fingerprint density at radius 3 is 2.18 bits per heavy atom. The molecule has 22 heavy (non-hydrogen) atoms. The summed E-state index contributed by atoms with van der Waals surface area (Å²) in [5.74, 6) is 0.726. The molecule has 5 nitrogen and oxygen atoms in total. The van der Waals surface area contributed by atoms with E-state index in [2.05, 4.69) is 19.8 Å². The highest BCUT2D eigenvalue weighted by Crippen LogP contribution is 2.21. The summed E-state index contributed by atoms with van der Waals surface area (Å²) in [4.78, 5) is 13.4. The van der Waals surface area contributed by atoms with Gasteiger partial charge in [-0.15, -0.1) is 0 Å². The summed E-state index contributed by atoms with van der Waals surface area (Å²) in [6.07, 6.45) is 7.42. The number of piperazine rings is 1. The largest absolute Gasteiger partial charge is 0.368 e. The zero-order valence-corrected chi connectivity index (χ0v) is 12.1. The number of anilines is 2. The Kier molecular flexibility index (Phi) is 3.14. The van der Waals surface area contributed by atoms with Gasteiger partial charge in [0.15, 0.2) is 11.5 Å². The summed E-state index contributed by atoms with van der Waals surface area (Å²) in [5.41, 5.74) is 1.95. The fraction of sp³-hybridized carbons (Fsp3) is 0.250.